The van der Waals surface area contributed by atoms with Crippen molar-refractivity contribution in [3.8, 4) is 0 Å². The molecule has 4 heterocycles. The molecule has 2 aliphatic heterocycles. The predicted octanol–water partition coefficient (Wildman–Crippen LogP) is 4.38. The summed E-state index contributed by atoms with van der Waals surface area (Å²) in [6, 6.07) is 9.44. The van der Waals surface area contributed by atoms with Gasteiger partial charge in [-0.3, -0.25) is 9.52 Å². The van der Waals surface area contributed by atoms with E-state index in [1.807, 2.05) is 30.3 Å². The first kappa shape index (κ1) is 27.7. The van der Waals surface area contributed by atoms with E-state index in [1.165, 1.54) is 11.9 Å². The molecule has 4 atom stereocenters. The van der Waals surface area contributed by atoms with E-state index in [-0.39, 0.29) is 29.5 Å². The van der Waals surface area contributed by atoms with Crippen LogP contribution in [0.4, 0.5) is 11.6 Å². The third-order valence-corrected chi connectivity index (χ3v) is 8.33. The zero-order valence-corrected chi connectivity index (χ0v) is 23.6. The van der Waals surface area contributed by atoms with Gasteiger partial charge in [-0.05, 0) is 69.2 Å². The van der Waals surface area contributed by atoms with Crippen LogP contribution in [0.25, 0.3) is 0 Å². The third kappa shape index (κ3) is 6.38. The van der Waals surface area contributed by atoms with Crippen molar-refractivity contribution in [2.45, 2.75) is 88.9 Å². The van der Waals surface area contributed by atoms with Gasteiger partial charge in [-0.25, -0.2) is 9.97 Å². The van der Waals surface area contributed by atoms with Gasteiger partial charge in [-0.2, -0.15) is 0 Å². The molecule has 4 bridgehead atoms. The molecule has 1 amide bonds. The summed E-state index contributed by atoms with van der Waals surface area (Å²) < 4.78 is 2.97. The maximum atomic E-state index is 13.5. The molecule has 4 N–H and O–H groups in total. The first-order valence-corrected chi connectivity index (χ1v) is 14.0. The Hall–Kier alpha value is -2.36. The monoisotopic (exact) mass is 527 g/mol. The molecular formula is C28H41N5O3S. The Kier molecular flexibility index (Phi) is 8.07. The summed E-state index contributed by atoms with van der Waals surface area (Å²) in [5.41, 5.74) is 1.19. The second-order valence-electron chi connectivity index (χ2n) is 12.2. The fraction of sp³-hybridized carbons (Fsp3) is 0.607. The van der Waals surface area contributed by atoms with Gasteiger partial charge in [0.05, 0.1) is 18.3 Å². The van der Waals surface area contributed by atoms with Crippen molar-refractivity contribution >= 4 is 29.5 Å². The number of aliphatic hydroxyl groups excluding tert-OH is 2. The van der Waals surface area contributed by atoms with E-state index in [9.17, 15) is 15.0 Å². The van der Waals surface area contributed by atoms with Gasteiger partial charge >= 0.3 is 0 Å². The van der Waals surface area contributed by atoms with Crippen LogP contribution in [0.3, 0.4) is 0 Å². The van der Waals surface area contributed by atoms with Crippen LogP contribution in [0.2, 0.25) is 0 Å². The summed E-state index contributed by atoms with van der Waals surface area (Å²) in [6.45, 7) is 13.6. The second-order valence-corrected chi connectivity index (χ2v) is 13.1. The molecule has 0 radical (unpaired) electrons. The molecule has 2 aliphatic rings. The lowest BCUT2D eigenvalue weighted by Crippen LogP contribution is -2.40. The number of aromatic nitrogens is 2. The number of carbonyl (C=O) groups excluding carboxylic acids is 1. The minimum Gasteiger partial charge on any atom is -0.394 e. The highest BCUT2D eigenvalue weighted by atomic mass is 32.2. The lowest BCUT2D eigenvalue weighted by atomic mass is 9.83. The molecule has 2 aromatic heterocycles. The number of rotatable bonds is 3. The summed E-state index contributed by atoms with van der Waals surface area (Å²) in [7, 11) is 0. The Morgan fingerprint density at radius 2 is 1.97 bits per heavy atom. The van der Waals surface area contributed by atoms with Gasteiger partial charge in [-0.1, -0.05) is 33.8 Å². The van der Waals surface area contributed by atoms with Crippen LogP contribution < -0.4 is 14.9 Å². The van der Waals surface area contributed by atoms with Crippen molar-refractivity contribution in [1.82, 2.24) is 14.7 Å². The Labute approximate surface area is 224 Å². The van der Waals surface area contributed by atoms with E-state index in [0.717, 1.165) is 30.9 Å². The van der Waals surface area contributed by atoms with Crippen LogP contribution in [0.1, 0.15) is 76.9 Å². The largest absolute Gasteiger partial charge is 0.394 e. The SMILES string of the molecule is CC1CC(CC(O)CO)Nc2cccc(n2)SNC(=O)c2ccc(C(C)(C)C)nc2N2CC1CC2(C)C. The quantitative estimate of drug-likeness (QED) is 0.436. The van der Waals surface area contributed by atoms with E-state index >= 15 is 0 Å². The molecular weight excluding hydrogens is 486 g/mol. The highest BCUT2D eigenvalue weighted by Crippen LogP contribution is 2.42. The Bertz CT molecular complexity index is 1120. The standard InChI is InChI=1S/C28H41N5O3S/c1-17-12-19(13-20(35)16-34)29-23-8-7-9-24(31-23)37-32-26(36)21-10-11-22(27(2,3)4)30-25(21)33-15-18(17)14-28(33,5)6/h7-11,17-20,34-35H,12-16H2,1-6H3,(H,29,31)(H,32,36). The van der Waals surface area contributed by atoms with Crippen LogP contribution in [-0.2, 0) is 5.41 Å². The van der Waals surface area contributed by atoms with E-state index in [0.29, 0.717) is 34.7 Å². The molecule has 1 saturated heterocycles. The van der Waals surface area contributed by atoms with E-state index in [4.69, 9.17) is 4.98 Å². The van der Waals surface area contributed by atoms with Crippen molar-refractivity contribution in [2.75, 3.05) is 23.4 Å². The number of pyridine rings is 2. The molecule has 0 aromatic carbocycles. The first-order chi connectivity index (χ1) is 17.4. The molecule has 0 spiro atoms. The fourth-order valence-corrected chi connectivity index (χ4v) is 6.07. The number of amides is 1. The van der Waals surface area contributed by atoms with E-state index < -0.39 is 6.10 Å². The first-order valence-electron chi connectivity index (χ1n) is 13.2. The predicted molar refractivity (Wildman–Crippen MR) is 149 cm³/mol. The van der Waals surface area contributed by atoms with Gasteiger partial charge in [0.2, 0.25) is 0 Å². The van der Waals surface area contributed by atoms with Crippen LogP contribution in [0.5, 0.6) is 0 Å². The molecule has 0 saturated carbocycles. The number of hydrogen-bond acceptors (Lipinski definition) is 8. The summed E-state index contributed by atoms with van der Waals surface area (Å²) in [4.78, 5) is 25.5. The average Bonchev–Trinajstić information content (AvgIpc) is 3.16. The number of hydrogen-bond donors (Lipinski definition) is 4. The number of anilines is 2. The van der Waals surface area contributed by atoms with E-state index in [1.54, 1.807) is 0 Å². The highest BCUT2D eigenvalue weighted by molar-refractivity contribution is 7.97. The van der Waals surface area contributed by atoms with E-state index in [2.05, 4.69) is 61.5 Å². The van der Waals surface area contributed by atoms with Gasteiger partial charge < -0.3 is 20.4 Å². The number of nitrogens with one attached hydrogen (secondary N) is 2. The third-order valence-electron chi connectivity index (χ3n) is 7.61. The van der Waals surface area contributed by atoms with Crippen LogP contribution >= 0.6 is 11.9 Å². The molecule has 8 nitrogen and oxygen atoms in total. The van der Waals surface area contributed by atoms with Crippen LogP contribution in [0.15, 0.2) is 35.4 Å². The van der Waals surface area contributed by atoms with Gasteiger partial charge in [-0.15, -0.1) is 0 Å². The normalized spacial score (nSPS) is 24.8. The van der Waals surface area contributed by atoms with Gasteiger partial charge in [0, 0.05) is 41.2 Å². The minimum atomic E-state index is -0.799. The van der Waals surface area contributed by atoms with Crippen molar-refractivity contribution in [1.29, 1.82) is 0 Å². The Balaban J connectivity index is 1.77. The smallest absolute Gasteiger partial charge is 0.265 e. The number of aliphatic hydroxyl groups is 2. The maximum Gasteiger partial charge on any atom is 0.265 e. The maximum absolute atomic E-state index is 13.5. The summed E-state index contributed by atoms with van der Waals surface area (Å²) in [5.74, 6) is 1.92. The number of nitrogens with zero attached hydrogens (tertiary/aromatic N) is 3. The summed E-state index contributed by atoms with van der Waals surface area (Å²) >= 11 is 1.18. The molecule has 1 fully saturated rings. The minimum absolute atomic E-state index is 0.0558. The molecule has 4 unspecified atom stereocenters. The molecule has 37 heavy (non-hydrogen) atoms. The van der Waals surface area contributed by atoms with Crippen LogP contribution in [-0.4, -0.2) is 56.9 Å². The number of carbonyl (C=O) groups is 1. The lowest BCUT2D eigenvalue weighted by molar-refractivity contribution is 0.0814. The zero-order valence-electron chi connectivity index (χ0n) is 22.8. The average molecular weight is 528 g/mol. The molecule has 9 heteroatoms. The van der Waals surface area contributed by atoms with Crippen molar-refractivity contribution in [2.24, 2.45) is 11.8 Å². The lowest BCUT2D eigenvalue weighted by Gasteiger charge is -2.34. The fourth-order valence-electron chi connectivity index (χ4n) is 5.47. The van der Waals surface area contributed by atoms with Crippen molar-refractivity contribution in [3.05, 3.63) is 41.6 Å². The van der Waals surface area contributed by atoms with Crippen molar-refractivity contribution in [3.63, 3.8) is 0 Å². The Morgan fingerprint density at radius 3 is 2.68 bits per heavy atom. The highest BCUT2D eigenvalue weighted by Gasteiger charge is 2.43. The second kappa shape index (κ2) is 10.8. The molecule has 4 rings (SSSR count). The van der Waals surface area contributed by atoms with Crippen LogP contribution in [0, 0.1) is 11.8 Å². The molecule has 0 aliphatic carbocycles. The molecule has 202 valence electrons. The van der Waals surface area contributed by atoms with Gasteiger partial charge in [0.25, 0.3) is 5.91 Å². The molecule has 2 aromatic rings. The summed E-state index contributed by atoms with van der Waals surface area (Å²) in [6.07, 6.45) is 1.42. The van der Waals surface area contributed by atoms with Crippen molar-refractivity contribution < 1.29 is 15.0 Å². The Morgan fingerprint density at radius 1 is 1.22 bits per heavy atom. The summed E-state index contributed by atoms with van der Waals surface area (Å²) in [5, 5.41) is 23.9. The van der Waals surface area contributed by atoms with Gasteiger partial charge in [0.1, 0.15) is 16.7 Å². The number of fused-ring (bicyclic) bond motifs is 6. The van der Waals surface area contributed by atoms with Gasteiger partial charge in [0.15, 0.2) is 0 Å². The topological polar surface area (TPSA) is 111 Å². The zero-order chi connectivity index (χ0) is 27.0.